The Morgan fingerprint density at radius 1 is 0.926 bits per heavy atom. The van der Waals surface area contributed by atoms with Gasteiger partial charge in [-0.2, -0.15) is 4.98 Å². The highest BCUT2D eigenvalue weighted by Crippen LogP contribution is 2.41. The summed E-state index contributed by atoms with van der Waals surface area (Å²) in [5.74, 6) is 3.24. The highest BCUT2D eigenvalue weighted by Gasteiger charge is 2.26. The summed E-state index contributed by atoms with van der Waals surface area (Å²) in [7, 11) is 0. The molecular weight excluding hydrogens is 348 g/mol. The predicted octanol–water partition coefficient (Wildman–Crippen LogP) is 2.93. The highest BCUT2D eigenvalue weighted by molar-refractivity contribution is 5.95. The Morgan fingerprint density at radius 3 is 2.41 bits per heavy atom. The van der Waals surface area contributed by atoms with E-state index in [4.69, 9.17) is 18.9 Å². The first-order valence-electron chi connectivity index (χ1n) is 9.00. The fourth-order valence-electron chi connectivity index (χ4n) is 3.66. The van der Waals surface area contributed by atoms with Crippen LogP contribution in [0.4, 0.5) is 0 Å². The Labute approximate surface area is 154 Å². The van der Waals surface area contributed by atoms with E-state index in [1.807, 2.05) is 30.3 Å². The fourth-order valence-corrected chi connectivity index (χ4v) is 3.66. The van der Waals surface area contributed by atoms with Crippen molar-refractivity contribution < 1.29 is 18.9 Å². The molecule has 0 spiro atoms. The van der Waals surface area contributed by atoms with E-state index in [1.54, 1.807) is 4.57 Å². The molecule has 0 saturated heterocycles. The lowest BCUT2D eigenvalue weighted by Gasteiger charge is -2.13. The van der Waals surface area contributed by atoms with Crippen molar-refractivity contribution in [3.63, 3.8) is 0 Å². The number of benzene rings is 2. The van der Waals surface area contributed by atoms with Gasteiger partial charge in [-0.1, -0.05) is 0 Å². The van der Waals surface area contributed by atoms with Crippen LogP contribution in [0.15, 0.2) is 35.1 Å². The molecule has 0 atom stereocenters. The van der Waals surface area contributed by atoms with E-state index in [-0.39, 0.29) is 19.3 Å². The van der Waals surface area contributed by atoms with E-state index in [1.165, 1.54) is 0 Å². The second-order valence-corrected chi connectivity index (χ2v) is 7.09. The molecule has 7 heteroatoms. The summed E-state index contributed by atoms with van der Waals surface area (Å²) in [6.45, 7) is 1.07. The molecular formula is C20H16N2O5. The van der Waals surface area contributed by atoms with Gasteiger partial charge < -0.3 is 18.9 Å². The zero-order valence-electron chi connectivity index (χ0n) is 14.4. The third kappa shape index (κ3) is 2.34. The maximum absolute atomic E-state index is 12.8. The summed E-state index contributed by atoms with van der Waals surface area (Å²) in [5, 5.41) is 0.860. The van der Waals surface area contributed by atoms with Gasteiger partial charge in [-0.05, 0) is 43.0 Å². The molecule has 27 heavy (non-hydrogen) atoms. The Balaban J connectivity index is 1.61. The maximum atomic E-state index is 12.8. The molecule has 1 saturated carbocycles. The van der Waals surface area contributed by atoms with Crippen molar-refractivity contribution in [1.82, 2.24) is 9.55 Å². The third-order valence-electron chi connectivity index (χ3n) is 5.26. The van der Waals surface area contributed by atoms with Crippen LogP contribution in [-0.2, 0) is 6.54 Å². The van der Waals surface area contributed by atoms with Crippen LogP contribution >= 0.6 is 0 Å². The first-order chi connectivity index (χ1) is 13.3. The van der Waals surface area contributed by atoms with Crippen LogP contribution in [0.25, 0.3) is 22.2 Å². The van der Waals surface area contributed by atoms with E-state index in [0.29, 0.717) is 41.2 Å². The smallest absolute Gasteiger partial charge is 0.348 e. The molecule has 0 bridgehead atoms. The van der Waals surface area contributed by atoms with Crippen molar-refractivity contribution in [3.05, 3.63) is 40.8 Å². The molecule has 3 heterocycles. The number of ether oxygens (including phenoxy) is 4. The van der Waals surface area contributed by atoms with Crippen LogP contribution in [0.3, 0.4) is 0 Å². The molecule has 1 fully saturated rings. The summed E-state index contributed by atoms with van der Waals surface area (Å²) in [4.78, 5) is 17.3. The van der Waals surface area contributed by atoms with E-state index in [0.717, 1.165) is 29.3 Å². The van der Waals surface area contributed by atoms with Gasteiger partial charge in [-0.25, -0.2) is 4.79 Å². The molecule has 3 aliphatic rings. The van der Waals surface area contributed by atoms with Crippen molar-refractivity contribution >= 4 is 10.9 Å². The van der Waals surface area contributed by atoms with Gasteiger partial charge in [-0.15, -0.1) is 0 Å². The summed E-state index contributed by atoms with van der Waals surface area (Å²) in [5.41, 5.74) is 1.98. The number of fused-ring (bicyclic) bond motifs is 3. The van der Waals surface area contributed by atoms with Crippen LogP contribution in [0, 0.1) is 5.92 Å². The first kappa shape index (κ1) is 14.9. The zero-order chi connectivity index (χ0) is 18.0. The van der Waals surface area contributed by atoms with Gasteiger partial charge in [0, 0.05) is 23.6 Å². The topological polar surface area (TPSA) is 71.8 Å². The van der Waals surface area contributed by atoms with Gasteiger partial charge in [0.15, 0.2) is 23.0 Å². The SMILES string of the molecule is O=c1nc(-c2ccc3c(c2)OCO3)c2cc3c(cc2n1CC1CC1)OCO3. The minimum Gasteiger partial charge on any atom is -0.454 e. The number of hydrogen-bond acceptors (Lipinski definition) is 6. The molecule has 7 nitrogen and oxygen atoms in total. The fraction of sp³-hybridized carbons (Fsp3) is 0.300. The standard InChI is InChI=1S/C20H16N2O5/c23-20-21-19(12-3-4-15-16(5-12)25-9-24-15)13-6-17-18(27-10-26-17)7-14(13)22(20)8-11-1-2-11/h3-7,11H,1-2,8-10H2. The monoisotopic (exact) mass is 364 g/mol. The van der Waals surface area contributed by atoms with Crippen LogP contribution in [-0.4, -0.2) is 23.1 Å². The van der Waals surface area contributed by atoms with Gasteiger partial charge >= 0.3 is 5.69 Å². The summed E-state index contributed by atoms with van der Waals surface area (Å²) >= 11 is 0. The molecule has 2 aliphatic heterocycles. The summed E-state index contributed by atoms with van der Waals surface area (Å²) in [6.07, 6.45) is 2.31. The van der Waals surface area contributed by atoms with E-state index in [9.17, 15) is 4.79 Å². The van der Waals surface area contributed by atoms with Crippen LogP contribution in [0.2, 0.25) is 0 Å². The highest BCUT2D eigenvalue weighted by atomic mass is 16.7. The summed E-state index contributed by atoms with van der Waals surface area (Å²) in [6, 6.07) is 9.39. The molecule has 1 aliphatic carbocycles. The molecule has 2 aromatic carbocycles. The van der Waals surface area contributed by atoms with E-state index in [2.05, 4.69) is 4.98 Å². The Morgan fingerprint density at radius 2 is 1.63 bits per heavy atom. The minimum atomic E-state index is -0.249. The average molecular weight is 364 g/mol. The van der Waals surface area contributed by atoms with E-state index >= 15 is 0 Å². The lowest BCUT2D eigenvalue weighted by Crippen LogP contribution is -2.25. The quantitative estimate of drug-likeness (QED) is 0.712. The molecule has 1 aromatic heterocycles. The van der Waals surface area contributed by atoms with E-state index < -0.39 is 0 Å². The van der Waals surface area contributed by atoms with Crippen molar-refractivity contribution in [1.29, 1.82) is 0 Å². The number of nitrogens with zero attached hydrogens (tertiary/aromatic N) is 2. The molecule has 0 radical (unpaired) electrons. The van der Waals surface area contributed by atoms with Crippen molar-refractivity contribution in [2.75, 3.05) is 13.6 Å². The Kier molecular flexibility index (Phi) is 2.97. The number of rotatable bonds is 3. The first-order valence-corrected chi connectivity index (χ1v) is 9.00. The molecule has 136 valence electrons. The van der Waals surface area contributed by atoms with Gasteiger partial charge in [0.05, 0.1) is 11.2 Å². The maximum Gasteiger partial charge on any atom is 0.348 e. The number of aromatic nitrogens is 2. The van der Waals surface area contributed by atoms with Crippen LogP contribution < -0.4 is 24.6 Å². The van der Waals surface area contributed by atoms with Gasteiger partial charge in [-0.3, -0.25) is 4.57 Å². The van der Waals surface area contributed by atoms with Crippen molar-refractivity contribution in [2.24, 2.45) is 5.92 Å². The Bertz CT molecular complexity index is 1150. The molecule has 3 aromatic rings. The third-order valence-corrected chi connectivity index (χ3v) is 5.26. The summed E-state index contributed by atoms with van der Waals surface area (Å²) < 4.78 is 23.7. The average Bonchev–Trinajstić information content (AvgIpc) is 3.18. The second kappa shape index (κ2) is 5.39. The van der Waals surface area contributed by atoms with Gasteiger partial charge in [0.25, 0.3) is 0 Å². The lowest BCUT2D eigenvalue weighted by atomic mass is 10.0. The molecule has 6 rings (SSSR count). The number of hydrogen-bond donors (Lipinski definition) is 0. The van der Waals surface area contributed by atoms with Crippen molar-refractivity contribution in [2.45, 2.75) is 19.4 Å². The molecule has 0 unspecified atom stereocenters. The minimum absolute atomic E-state index is 0.186. The largest absolute Gasteiger partial charge is 0.454 e. The van der Waals surface area contributed by atoms with Crippen LogP contribution in [0.5, 0.6) is 23.0 Å². The van der Waals surface area contributed by atoms with Gasteiger partial charge in [0.2, 0.25) is 13.6 Å². The lowest BCUT2D eigenvalue weighted by molar-refractivity contribution is 0.173. The normalized spacial score (nSPS) is 16.9. The van der Waals surface area contributed by atoms with Crippen molar-refractivity contribution in [3.8, 4) is 34.3 Å². The predicted molar refractivity (Wildman–Crippen MR) is 96.4 cm³/mol. The molecule has 0 amide bonds. The Hall–Kier alpha value is -3.22. The second-order valence-electron chi connectivity index (χ2n) is 7.09. The van der Waals surface area contributed by atoms with Gasteiger partial charge in [0.1, 0.15) is 0 Å². The zero-order valence-corrected chi connectivity index (χ0v) is 14.4. The molecule has 0 N–H and O–H groups in total. The van der Waals surface area contributed by atoms with Crippen LogP contribution in [0.1, 0.15) is 12.8 Å².